The van der Waals surface area contributed by atoms with E-state index in [1.165, 1.54) is 0 Å². The molecule has 2 radical (unpaired) electrons. The van der Waals surface area contributed by atoms with Crippen LogP contribution >= 0.6 is 0 Å². The average molecular weight is 662 g/mol. The number of hydrogen-bond acceptors (Lipinski definition) is 6. The summed E-state index contributed by atoms with van der Waals surface area (Å²) in [5.74, 6) is -3.06. The van der Waals surface area contributed by atoms with Crippen LogP contribution in [0.1, 0.15) is 22.3 Å². The van der Waals surface area contributed by atoms with Gasteiger partial charge in [0.15, 0.2) is 11.2 Å². The van der Waals surface area contributed by atoms with E-state index in [9.17, 15) is 30.0 Å². The quantitative estimate of drug-likeness (QED) is 0.298. The molecule has 4 aromatic carbocycles. The zero-order valence-electron chi connectivity index (χ0n) is 18.6. The zero-order chi connectivity index (χ0) is 24.6. The van der Waals surface area contributed by atoms with Crippen molar-refractivity contribution in [3.8, 4) is 0 Å². The van der Waals surface area contributed by atoms with Crippen LogP contribution in [0.25, 0.3) is 0 Å². The van der Waals surface area contributed by atoms with Crippen molar-refractivity contribution in [1.29, 1.82) is 0 Å². The van der Waals surface area contributed by atoms with Gasteiger partial charge in [-0.1, -0.05) is 121 Å². The van der Waals surface area contributed by atoms with Gasteiger partial charge in [0.1, 0.15) is 0 Å². The Labute approximate surface area is 223 Å². The number of hydrogen-bond donors (Lipinski definition) is 2. The smallest absolute Gasteiger partial charge is 0.546 e. The fourth-order valence-corrected chi connectivity index (χ4v) is 3.52. The first-order chi connectivity index (χ1) is 16.3. The summed E-state index contributed by atoms with van der Waals surface area (Å²) >= 11 is 0. The van der Waals surface area contributed by atoms with Gasteiger partial charge >= 0.3 is 27.3 Å². The van der Waals surface area contributed by atoms with Gasteiger partial charge in [-0.2, -0.15) is 0 Å². The number of aliphatic hydroxyl groups is 2. The van der Waals surface area contributed by atoms with Gasteiger partial charge in [-0.05, 0) is 22.3 Å². The second kappa shape index (κ2) is 12.4. The van der Waals surface area contributed by atoms with Gasteiger partial charge in [0.25, 0.3) is 0 Å². The van der Waals surface area contributed by atoms with E-state index in [2.05, 4.69) is 0 Å². The van der Waals surface area contributed by atoms with Crippen molar-refractivity contribution < 1.29 is 30.0 Å². The summed E-state index contributed by atoms with van der Waals surface area (Å²) in [5.41, 5.74) is -3.08. The molecular weight excluding hydrogens is 640 g/mol. The summed E-state index contributed by atoms with van der Waals surface area (Å²) in [4.78, 5) is 22.5. The first-order valence-electron chi connectivity index (χ1n) is 10.4. The number of rotatable bonds is 6. The summed E-state index contributed by atoms with van der Waals surface area (Å²) in [7, 11) is 0. The Morgan fingerprint density at radius 1 is 0.457 bits per heavy atom. The van der Waals surface area contributed by atoms with Crippen molar-refractivity contribution in [1.82, 2.24) is 0 Å². The standard InChI is InChI=1S/2C14H12O3.Pb/c2*15-13(16)14(17,11-7-3-1-4-8-11)12-9-5-2-6-10-12;/h2*1-10,17H,(H,15,16);/q;;+2/p-2. The van der Waals surface area contributed by atoms with Crippen LogP contribution < -0.4 is 10.2 Å². The van der Waals surface area contributed by atoms with Crippen LogP contribution in [-0.4, -0.2) is 49.5 Å². The minimum absolute atomic E-state index is 0. The fourth-order valence-electron chi connectivity index (χ4n) is 3.52. The molecule has 0 aliphatic heterocycles. The molecule has 7 heteroatoms. The Kier molecular flexibility index (Phi) is 9.88. The fraction of sp³-hybridized carbons (Fsp3) is 0.0714. The van der Waals surface area contributed by atoms with Crippen molar-refractivity contribution in [3.05, 3.63) is 144 Å². The summed E-state index contributed by atoms with van der Waals surface area (Å²) in [6.45, 7) is 0. The maximum Gasteiger partial charge on any atom is 2.00 e. The summed E-state index contributed by atoms with van der Waals surface area (Å²) in [6.07, 6.45) is 0. The molecule has 4 rings (SSSR count). The molecule has 35 heavy (non-hydrogen) atoms. The second-order valence-electron chi connectivity index (χ2n) is 7.46. The monoisotopic (exact) mass is 662 g/mol. The third-order valence-electron chi connectivity index (χ3n) is 5.36. The van der Waals surface area contributed by atoms with E-state index < -0.39 is 23.1 Å². The molecule has 0 aliphatic carbocycles. The number of aliphatic carboxylic acids is 2. The molecular formula is C28H22O6Pb. The van der Waals surface area contributed by atoms with Crippen molar-refractivity contribution in [2.75, 3.05) is 0 Å². The maximum atomic E-state index is 11.3. The van der Waals surface area contributed by atoms with Gasteiger partial charge in [-0.15, -0.1) is 0 Å². The molecule has 4 aromatic rings. The van der Waals surface area contributed by atoms with E-state index >= 15 is 0 Å². The predicted molar refractivity (Wildman–Crippen MR) is 128 cm³/mol. The topological polar surface area (TPSA) is 121 Å². The Balaban J connectivity index is 0.000000240. The first kappa shape index (κ1) is 27.9. The van der Waals surface area contributed by atoms with Gasteiger partial charge < -0.3 is 30.0 Å². The van der Waals surface area contributed by atoms with E-state index in [4.69, 9.17) is 0 Å². The van der Waals surface area contributed by atoms with Crippen LogP contribution in [0.5, 0.6) is 0 Å². The normalized spacial score (nSPS) is 10.8. The van der Waals surface area contributed by atoms with Gasteiger partial charge in [-0.25, -0.2) is 0 Å². The van der Waals surface area contributed by atoms with Gasteiger partial charge in [0.05, 0.1) is 11.9 Å². The van der Waals surface area contributed by atoms with E-state index in [0.717, 1.165) is 0 Å². The summed E-state index contributed by atoms with van der Waals surface area (Å²) < 4.78 is 0. The molecule has 2 N–H and O–H groups in total. The number of carboxylic acid groups (broad SMARTS) is 2. The molecule has 6 nitrogen and oxygen atoms in total. The molecule has 0 saturated carbocycles. The SMILES string of the molecule is O=C([O-])C(O)(c1ccccc1)c1ccccc1.O=C([O-])C(O)(c1ccccc1)c1ccccc1.[Pb+2]. The Morgan fingerprint density at radius 3 is 0.771 bits per heavy atom. The number of carboxylic acids is 2. The van der Waals surface area contributed by atoms with Crippen LogP contribution in [0.2, 0.25) is 0 Å². The molecule has 0 saturated heterocycles. The van der Waals surface area contributed by atoms with Crippen molar-refractivity contribution in [2.45, 2.75) is 11.2 Å². The van der Waals surface area contributed by atoms with E-state index in [1.54, 1.807) is 121 Å². The largest absolute Gasteiger partial charge is 2.00 e. The third kappa shape index (κ3) is 6.02. The van der Waals surface area contributed by atoms with E-state index in [-0.39, 0.29) is 49.6 Å². The first-order valence-corrected chi connectivity index (χ1v) is 10.4. The molecule has 0 atom stereocenters. The minimum Gasteiger partial charge on any atom is -0.546 e. The van der Waals surface area contributed by atoms with Crippen LogP contribution in [0.15, 0.2) is 121 Å². The van der Waals surface area contributed by atoms with Gasteiger partial charge in [-0.3, -0.25) is 0 Å². The summed E-state index contributed by atoms with van der Waals surface area (Å²) in [5, 5.41) is 43.3. The molecule has 0 heterocycles. The minimum atomic E-state index is -2.11. The molecule has 0 aromatic heterocycles. The molecule has 0 fully saturated rings. The van der Waals surface area contributed by atoms with Crippen LogP contribution in [0.4, 0.5) is 0 Å². The Morgan fingerprint density at radius 2 is 0.629 bits per heavy atom. The molecule has 0 bridgehead atoms. The average Bonchev–Trinajstić information content (AvgIpc) is 2.90. The van der Waals surface area contributed by atoms with Crippen LogP contribution in [-0.2, 0) is 20.8 Å². The number of carbonyl (C=O) groups is 2. The molecule has 0 aliphatic rings. The molecule has 0 amide bonds. The predicted octanol–water partition coefficient (Wildman–Crippen LogP) is 0.964. The zero-order valence-corrected chi connectivity index (χ0v) is 22.5. The number of carbonyl (C=O) groups excluding carboxylic acids is 2. The van der Waals surface area contributed by atoms with Gasteiger partial charge in [0.2, 0.25) is 0 Å². The molecule has 174 valence electrons. The van der Waals surface area contributed by atoms with E-state index in [1.807, 2.05) is 0 Å². The number of benzene rings is 4. The third-order valence-corrected chi connectivity index (χ3v) is 5.36. The summed E-state index contributed by atoms with van der Waals surface area (Å²) in [6, 6.07) is 32.9. The van der Waals surface area contributed by atoms with Crippen molar-refractivity contribution in [3.63, 3.8) is 0 Å². The molecule has 0 spiro atoms. The van der Waals surface area contributed by atoms with Crippen molar-refractivity contribution in [2.24, 2.45) is 0 Å². The Hall–Kier alpha value is -3.34. The Bertz CT molecular complexity index is 1040. The van der Waals surface area contributed by atoms with Crippen LogP contribution in [0.3, 0.4) is 0 Å². The van der Waals surface area contributed by atoms with E-state index in [0.29, 0.717) is 0 Å². The van der Waals surface area contributed by atoms with Crippen molar-refractivity contribution >= 4 is 39.2 Å². The second-order valence-corrected chi connectivity index (χ2v) is 7.46. The molecule has 0 unspecified atom stereocenters. The van der Waals surface area contributed by atoms with Gasteiger partial charge in [0, 0.05) is 0 Å². The maximum absolute atomic E-state index is 11.3. The van der Waals surface area contributed by atoms with Crippen LogP contribution in [0, 0.1) is 0 Å².